The average molecular weight is 355 g/mol. The van der Waals surface area contributed by atoms with E-state index in [0.29, 0.717) is 30.6 Å². The summed E-state index contributed by atoms with van der Waals surface area (Å²) in [5, 5.41) is 9.68. The third-order valence-electron chi connectivity index (χ3n) is 4.73. The average Bonchev–Trinajstić information content (AvgIpc) is 2.68. The van der Waals surface area contributed by atoms with Crippen molar-refractivity contribution in [3.8, 4) is 11.3 Å². The molecule has 0 spiro atoms. The lowest BCUT2D eigenvalue weighted by Crippen LogP contribution is -2.52. The molecule has 136 valence electrons. The zero-order chi connectivity index (χ0) is 18.6. The molecule has 1 atom stereocenters. The maximum atomic E-state index is 13.1. The zero-order valence-electron chi connectivity index (χ0n) is 14.6. The minimum atomic E-state index is -1.08. The van der Waals surface area contributed by atoms with Gasteiger partial charge in [0, 0.05) is 32.0 Å². The van der Waals surface area contributed by atoms with E-state index in [1.165, 1.54) is 19.6 Å². The van der Waals surface area contributed by atoms with Crippen LogP contribution in [0.3, 0.4) is 0 Å². The van der Waals surface area contributed by atoms with Gasteiger partial charge in [0.15, 0.2) is 0 Å². The Kier molecular flexibility index (Phi) is 5.27. The Morgan fingerprint density at radius 3 is 2.77 bits per heavy atom. The number of hydrogen-bond donors (Lipinski definition) is 1. The predicted octanol–water partition coefficient (Wildman–Crippen LogP) is 2.10. The van der Waals surface area contributed by atoms with Gasteiger partial charge in [-0.15, -0.1) is 0 Å². The van der Waals surface area contributed by atoms with E-state index in [1.807, 2.05) is 30.3 Å². The van der Waals surface area contributed by atoms with Gasteiger partial charge in [-0.05, 0) is 12.8 Å². The van der Waals surface area contributed by atoms with E-state index in [-0.39, 0.29) is 19.1 Å². The van der Waals surface area contributed by atoms with E-state index in [9.17, 15) is 14.7 Å². The van der Waals surface area contributed by atoms with Crippen LogP contribution in [0.2, 0.25) is 0 Å². The van der Waals surface area contributed by atoms with E-state index in [2.05, 4.69) is 9.97 Å². The molecule has 1 unspecified atom stereocenters. The van der Waals surface area contributed by atoms with Crippen LogP contribution >= 0.6 is 0 Å². The molecule has 26 heavy (non-hydrogen) atoms. The smallest absolute Gasteiger partial charge is 0.313 e. The highest BCUT2D eigenvalue weighted by Gasteiger charge is 2.44. The Bertz CT molecular complexity index is 792. The van der Waals surface area contributed by atoms with Crippen LogP contribution in [-0.4, -0.2) is 58.7 Å². The summed E-state index contributed by atoms with van der Waals surface area (Å²) in [5.74, 6) is -1.20. The third-order valence-corrected chi connectivity index (χ3v) is 4.73. The Morgan fingerprint density at radius 2 is 2.08 bits per heavy atom. The Labute approximate surface area is 151 Å². The fraction of sp³-hybridized carbons (Fsp3) is 0.368. The van der Waals surface area contributed by atoms with Crippen molar-refractivity contribution in [2.24, 2.45) is 5.41 Å². The number of aromatic nitrogens is 2. The molecule has 7 heteroatoms. The molecule has 0 bridgehead atoms. The van der Waals surface area contributed by atoms with Crippen molar-refractivity contribution < 1.29 is 19.4 Å². The number of amides is 1. The van der Waals surface area contributed by atoms with E-state index in [1.54, 1.807) is 4.90 Å². The lowest BCUT2D eigenvalue weighted by Gasteiger charge is -2.39. The van der Waals surface area contributed by atoms with Crippen molar-refractivity contribution in [3.63, 3.8) is 0 Å². The second-order valence-corrected chi connectivity index (χ2v) is 6.50. The van der Waals surface area contributed by atoms with Gasteiger partial charge >= 0.3 is 5.97 Å². The Morgan fingerprint density at radius 1 is 1.31 bits per heavy atom. The van der Waals surface area contributed by atoms with Crippen LogP contribution in [0, 0.1) is 5.41 Å². The van der Waals surface area contributed by atoms with Crippen LogP contribution in [0.4, 0.5) is 0 Å². The molecular weight excluding hydrogens is 334 g/mol. The zero-order valence-corrected chi connectivity index (χ0v) is 14.6. The quantitative estimate of drug-likeness (QED) is 0.883. The van der Waals surface area contributed by atoms with Crippen LogP contribution in [-0.2, 0) is 9.53 Å². The molecule has 3 rings (SSSR count). The van der Waals surface area contributed by atoms with Gasteiger partial charge in [0.2, 0.25) is 0 Å². The van der Waals surface area contributed by atoms with Crippen molar-refractivity contribution in [2.75, 3.05) is 26.8 Å². The van der Waals surface area contributed by atoms with Crippen LogP contribution in [0.1, 0.15) is 23.2 Å². The molecule has 1 aromatic heterocycles. The van der Waals surface area contributed by atoms with Crippen molar-refractivity contribution in [2.45, 2.75) is 12.8 Å². The minimum absolute atomic E-state index is 0.0724. The van der Waals surface area contributed by atoms with Crippen molar-refractivity contribution >= 4 is 11.9 Å². The van der Waals surface area contributed by atoms with Gasteiger partial charge in [-0.3, -0.25) is 9.59 Å². The molecule has 1 saturated heterocycles. The van der Waals surface area contributed by atoms with Crippen LogP contribution in [0.5, 0.6) is 0 Å². The molecule has 0 radical (unpaired) electrons. The number of carboxylic acid groups (broad SMARTS) is 1. The molecule has 1 aliphatic heterocycles. The first-order chi connectivity index (χ1) is 12.6. The number of piperidine rings is 1. The number of aliphatic carboxylic acids is 1. The molecule has 1 aromatic carbocycles. The second-order valence-electron chi connectivity index (χ2n) is 6.50. The molecule has 1 aliphatic rings. The Balaban J connectivity index is 1.92. The summed E-state index contributed by atoms with van der Waals surface area (Å²) in [6, 6.07) is 9.40. The summed E-state index contributed by atoms with van der Waals surface area (Å²) in [7, 11) is 1.48. The number of nitrogens with zero attached hydrogens (tertiary/aromatic N) is 3. The lowest BCUT2D eigenvalue weighted by atomic mass is 9.80. The monoisotopic (exact) mass is 355 g/mol. The van der Waals surface area contributed by atoms with Gasteiger partial charge in [-0.1, -0.05) is 30.3 Å². The predicted molar refractivity (Wildman–Crippen MR) is 94.6 cm³/mol. The lowest BCUT2D eigenvalue weighted by molar-refractivity contribution is -0.155. The highest BCUT2D eigenvalue weighted by Crippen LogP contribution is 2.32. The van der Waals surface area contributed by atoms with Gasteiger partial charge in [0.25, 0.3) is 5.91 Å². The van der Waals surface area contributed by atoms with Gasteiger partial charge in [-0.2, -0.15) is 0 Å². The van der Waals surface area contributed by atoms with Crippen molar-refractivity contribution in [3.05, 3.63) is 48.4 Å². The largest absolute Gasteiger partial charge is 0.481 e. The molecule has 0 saturated carbocycles. The number of carbonyl (C=O) groups excluding carboxylic acids is 1. The first-order valence-electron chi connectivity index (χ1n) is 8.44. The number of carboxylic acids is 1. The summed E-state index contributed by atoms with van der Waals surface area (Å²) in [5.41, 5.74) is 0.656. The maximum Gasteiger partial charge on any atom is 0.313 e. The van der Waals surface area contributed by atoms with Crippen LogP contribution < -0.4 is 0 Å². The molecule has 2 aromatic rings. The highest BCUT2D eigenvalue weighted by molar-refractivity contribution is 6.00. The normalized spacial score (nSPS) is 20.0. The van der Waals surface area contributed by atoms with Gasteiger partial charge in [0.1, 0.15) is 11.7 Å². The first kappa shape index (κ1) is 18.0. The molecular formula is C19H21N3O4. The SMILES string of the molecule is COCC1(C(=O)O)CCCN(C(=O)c2cncnc2-c2ccccc2)C1. The number of hydrogen-bond acceptors (Lipinski definition) is 5. The summed E-state index contributed by atoms with van der Waals surface area (Å²) in [4.78, 5) is 34.8. The number of benzene rings is 1. The highest BCUT2D eigenvalue weighted by atomic mass is 16.5. The van der Waals surface area contributed by atoms with Gasteiger partial charge < -0.3 is 14.7 Å². The standard InChI is InChI=1S/C19H21N3O4/c1-26-12-19(18(24)25)8-5-9-22(11-19)17(23)15-10-20-13-21-16(15)14-6-3-2-4-7-14/h2-4,6-7,10,13H,5,8-9,11-12H2,1H3,(H,24,25). The molecule has 7 nitrogen and oxygen atoms in total. The van der Waals surface area contributed by atoms with Crippen molar-refractivity contribution in [1.82, 2.24) is 14.9 Å². The summed E-state index contributed by atoms with van der Waals surface area (Å²) >= 11 is 0. The van der Waals surface area contributed by atoms with Crippen LogP contribution in [0.25, 0.3) is 11.3 Å². The third kappa shape index (κ3) is 3.43. The first-order valence-corrected chi connectivity index (χ1v) is 8.44. The number of methoxy groups -OCH3 is 1. The molecule has 1 N–H and O–H groups in total. The molecule has 1 fully saturated rings. The molecule has 0 aliphatic carbocycles. The van der Waals surface area contributed by atoms with Crippen molar-refractivity contribution in [1.29, 1.82) is 0 Å². The summed E-state index contributed by atoms with van der Waals surface area (Å²) < 4.78 is 5.13. The fourth-order valence-electron chi connectivity index (χ4n) is 3.42. The second kappa shape index (κ2) is 7.61. The minimum Gasteiger partial charge on any atom is -0.481 e. The molecule has 1 amide bonds. The number of ether oxygens (including phenoxy) is 1. The van der Waals surface area contributed by atoms with Gasteiger partial charge in [-0.25, -0.2) is 9.97 Å². The summed E-state index contributed by atoms with van der Waals surface area (Å²) in [6.07, 6.45) is 3.99. The molecule has 2 heterocycles. The van der Waals surface area contributed by atoms with E-state index >= 15 is 0 Å². The fourth-order valence-corrected chi connectivity index (χ4v) is 3.42. The maximum absolute atomic E-state index is 13.1. The van der Waals surface area contributed by atoms with E-state index < -0.39 is 11.4 Å². The Hall–Kier alpha value is -2.80. The van der Waals surface area contributed by atoms with E-state index in [4.69, 9.17) is 4.74 Å². The van der Waals surface area contributed by atoms with E-state index in [0.717, 1.165) is 5.56 Å². The topological polar surface area (TPSA) is 92.6 Å². The van der Waals surface area contributed by atoms with Crippen LogP contribution in [0.15, 0.2) is 42.9 Å². The van der Waals surface area contributed by atoms with Gasteiger partial charge in [0.05, 0.1) is 17.9 Å². The number of rotatable bonds is 5. The summed E-state index contributed by atoms with van der Waals surface area (Å²) in [6.45, 7) is 0.682. The number of likely N-dealkylation sites (tertiary alicyclic amines) is 1. The number of carbonyl (C=O) groups is 2.